The summed E-state index contributed by atoms with van der Waals surface area (Å²) in [7, 11) is -4.64. The third-order valence-corrected chi connectivity index (χ3v) is 14.8. The third-order valence-electron chi connectivity index (χ3n) is 14.8. The Hall–Kier alpha value is -1.29. The molecule has 0 unspecified atom stereocenters. The fourth-order valence-corrected chi connectivity index (χ4v) is 10.5. The number of aliphatic hydroxyl groups excluding tert-OH is 20. The van der Waals surface area contributed by atoms with Crippen LogP contribution in [0.5, 0.6) is 0 Å². The summed E-state index contributed by atoms with van der Waals surface area (Å²) in [6.45, 7) is -6.75. The lowest BCUT2D eigenvalue weighted by Crippen LogP contribution is -2.68. The van der Waals surface area contributed by atoms with Crippen LogP contribution in [0.2, 0.25) is 0 Å². The summed E-state index contributed by atoms with van der Waals surface area (Å²) in [6, 6.07) is 0. The first-order valence-electron chi connectivity index (χ1n) is 25.5. The van der Waals surface area contributed by atoms with Crippen molar-refractivity contribution in [2.75, 3.05) is 46.2 Å². The van der Waals surface area contributed by atoms with E-state index in [1.54, 1.807) is 0 Å². The fourth-order valence-electron chi connectivity index (χ4n) is 10.5. The third kappa shape index (κ3) is 14.6. The van der Waals surface area contributed by atoms with E-state index in [2.05, 4.69) is 0 Å². The summed E-state index contributed by atoms with van der Waals surface area (Å²) in [5.74, 6) is 0. The molecule has 40 heteroatoms. The van der Waals surface area contributed by atoms with Gasteiger partial charge >= 0.3 is 7.82 Å². The van der Waals surface area contributed by atoms with E-state index in [0.717, 1.165) is 0 Å². The number of aliphatic hydroxyl groups is 20. The van der Waals surface area contributed by atoms with E-state index < -0.39 is 269 Å². The molecule has 0 aromatic rings. The van der Waals surface area contributed by atoms with Gasteiger partial charge in [-0.05, 0) is 0 Å². The van der Waals surface area contributed by atoms with Crippen LogP contribution in [0, 0.1) is 0 Å². The minimum absolute atomic E-state index is 0.547. The van der Waals surface area contributed by atoms with Gasteiger partial charge in [0.25, 0.3) is 0 Å². The first kappa shape index (κ1) is 68.2. The lowest BCUT2D eigenvalue weighted by atomic mass is 9.95. The van der Waals surface area contributed by atoms with Crippen molar-refractivity contribution in [1.82, 2.24) is 0 Å². The second-order valence-electron chi connectivity index (χ2n) is 20.2. The van der Waals surface area contributed by atoms with E-state index in [1.807, 2.05) is 0 Å². The average molecular weight is 1230 g/mol. The topological polar surface area (TPSA) is 638 Å². The van der Waals surface area contributed by atoms with Crippen molar-refractivity contribution >= 4 is 7.82 Å². The summed E-state index contributed by atoms with van der Waals surface area (Å²) in [5.41, 5.74) is 5.94. The molecule has 480 valence electrons. The highest BCUT2D eigenvalue weighted by Gasteiger charge is 2.59. The number of hydrogen-bond donors (Lipinski definition) is 24. The molecule has 21 fully saturated rings. The fraction of sp³-hybridized carbons (Fsp3) is 1.00. The molecule has 21 saturated heterocycles. The monoisotopic (exact) mass is 1230 g/mol. The van der Waals surface area contributed by atoms with Crippen molar-refractivity contribution in [2.45, 2.75) is 215 Å². The van der Waals surface area contributed by atoms with Crippen LogP contribution in [-0.4, -0.2) is 378 Å². The molecular formula is C42H74NO38P. The van der Waals surface area contributed by atoms with Gasteiger partial charge in [-0.1, -0.05) is 0 Å². The summed E-state index contributed by atoms with van der Waals surface area (Å²) in [6.07, 6.45) is -69.2. The molecular weight excluding hydrogens is 1160 g/mol. The van der Waals surface area contributed by atoms with Crippen LogP contribution < -0.4 is 5.73 Å². The van der Waals surface area contributed by atoms with Crippen LogP contribution in [0.3, 0.4) is 0 Å². The Morgan fingerprint density at radius 1 is 0.244 bits per heavy atom. The smallest absolute Gasteiger partial charge is 0.394 e. The number of nitrogens with two attached hydrogens (primary N) is 1. The molecule has 35 atom stereocenters. The molecule has 14 bridgehead atoms. The largest absolute Gasteiger partial charge is 0.466 e. The predicted octanol–water partition coefficient (Wildman–Crippen LogP) is -16.2. The van der Waals surface area contributed by atoms with Crippen LogP contribution in [-0.2, 0) is 70.9 Å². The lowest BCUT2D eigenvalue weighted by molar-refractivity contribution is -0.396. The van der Waals surface area contributed by atoms with E-state index in [1.165, 1.54) is 0 Å². The molecule has 21 aliphatic rings. The lowest BCUT2D eigenvalue weighted by Gasteiger charge is -2.50. The molecule has 21 heterocycles. The number of ether oxygens (including phenoxy) is 14. The van der Waals surface area contributed by atoms with Crippen molar-refractivity contribution in [3.05, 3.63) is 0 Å². The van der Waals surface area contributed by atoms with Gasteiger partial charge in [0.15, 0.2) is 44.0 Å². The number of hydrogen-bond acceptors (Lipinski definition) is 36. The zero-order chi connectivity index (χ0) is 60.6. The molecule has 21 aliphatic heterocycles. The van der Waals surface area contributed by atoms with Crippen molar-refractivity contribution in [3.63, 3.8) is 0 Å². The predicted molar refractivity (Wildman–Crippen MR) is 245 cm³/mol. The molecule has 0 saturated carbocycles. The molecule has 0 radical (unpaired) electrons. The van der Waals surface area contributed by atoms with Crippen LogP contribution >= 0.6 is 7.82 Å². The van der Waals surface area contributed by atoms with Gasteiger partial charge in [0.1, 0.15) is 171 Å². The van der Waals surface area contributed by atoms with Gasteiger partial charge in [0.2, 0.25) is 0 Å². The summed E-state index contributed by atoms with van der Waals surface area (Å²) in [4.78, 5) is 21.6. The maximum Gasteiger partial charge on any atom is 0.466 e. The Balaban J connectivity index is 0.00000185. The van der Waals surface area contributed by atoms with Crippen LogP contribution in [0.25, 0.3) is 0 Å². The van der Waals surface area contributed by atoms with Gasteiger partial charge in [-0.25, -0.2) is 4.57 Å². The molecule has 0 spiro atoms. The Morgan fingerprint density at radius 3 is 0.488 bits per heavy atom. The summed E-state index contributed by atoms with van der Waals surface area (Å²) >= 11 is 0. The van der Waals surface area contributed by atoms with Crippen molar-refractivity contribution in [2.24, 2.45) is 5.73 Å². The Kier molecular flexibility index (Phi) is 24.0. The quantitative estimate of drug-likeness (QED) is 0.105. The first-order chi connectivity index (χ1) is 38.7. The molecule has 0 aromatic heterocycles. The highest BCUT2D eigenvalue weighted by molar-refractivity contribution is 7.45. The summed E-state index contributed by atoms with van der Waals surface area (Å²) < 4.78 is 88.8. The van der Waals surface area contributed by atoms with Crippen LogP contribution in [0.1, 0.15) is 0 Å². The Bertz CT molecular complexity index is 1640. The zero-order valence-electron chi connectivity index (χ0n) is 42.6. The zero-order valence-corrected chi connectivity index (χ0v) is 43.5. The molecule has 39 nitrogen and oxygen atoms in total. The van der Waals surface area contributed by atoms with Crippen molar-refractivity contribution < 1.29 is 188 Å². The van der Waals surface area contributed by atoms with E-state index in [9.17, 15) is 102 Å². The van der Waals surface area contributed by atoms with E-state index in [0.29, 0.717) is 0 Å². The van der Waals surface area contributed by atoms with Gasteiger partial charge in [-0.2, -0.15) is 0 Å². The average Bonchev–Trinajstić information content (AvgIpc) is 3.65. The van der Waals surface area contributed by atoms with Crippen molar-refractivity contribution in [1.29, 1.82) is 0 Å². The second-order valence-corrected chi connectivity index (χ2v) is 21.2. The highest BCUT2D eigenvalue weighted by atomic mass is 31.2. The SMILES string of the molecule is NC[C@H]1O[C@@H]2O[C@H]3[C@H](O)[C@@H](O)[C@@H](O[C@H]4[C@H](O)[C@@H](O)[C@@H](O[C@H]5[C@H](O)[C@@H](O)[C@@H](O[C@H]6[C@H](O)[C@@H](O)[C@@H](O[C@H]7[C@H](O)[C@@H](O)[C@@H](O[C@H]8[C@H](O)[C@@H](O)[C@@H](O[C@H]1[C@H](O)[C@H]2O)O[C@@H]8CO)O[C@@H]7CO)O[C@@H]6CO)O[C@@H]5CO)O[C@@H]4CO)O[C@@H]3CO.O=P(O)(O)O. The minimum Gasteiger partial charge on any atom is -0.394 e. The number of phosphoric acid groups is 1. The molecule has 0 aliphatic carbocycles. The van der Waals surface area contributed by atoms with E-state index >= 15 is 0 Å². The van der Waals surface area contributed by atoms with Gasteiger partial charge in [-0.3, -0.25) is 0 Å². The first-order valence-corrected chi connectivity index (χ1v) is 27.1. The second kappa shape index (κ2) is 28.9. The molecule has 21 rings (SSSR count). The normalized spacial score (nSPS) is 52.7. The Morgan fingerprint density at radius 2 is 0.366 bits per heavy atom. The minimum atomic E-state index is -4.64. The number of rotatable bonds is 7. The van der Waals surface area contributed by atoms with Crippen LogP contribution in [0.4, 0.5) is 0 Å². The molecule has 25 N–H and O–H groups in total. The van der Waals surface area contributed by atoms with Gasteiger partial charge in [0, 0.05) is 6.54 Å². The van der Waals surface area contributed by atoms with Crippen molar-refractivity contribution in [3.8, 4) is 0 Å². The highest BCUT2D eigenvalue weighted by Crippen LogP contribution is 2.39. The van der Waals surface area contributed by atoms with Gasteiger partial charge < -0.3 is 189 Å². The van der Waals surface area contributed by atoms with E-state index in [-0.39, 0.29) is 0 Å². The van der Waals surface area contributed by atoms with Crippen LogP contribution in [0.15, 0.2) is 0 Å². The standard InChI is InChI=1S/C42H71NO34.H3O4P/c43-1-8-29-15(50)22(57)36(64-8)72-30-9(2-44)66-38(24(59)17(30)52)74-32-11(4-46)68-40(26(61)19(32)54)76-34-13(6-48)70-42(28(63)21(34)56)77-35-14(7-49)69-41(27(62)20(35)55)75-33-12(5-47)67-39(25(60)18(33)53)73-31-10(3-45)65-37(71-29)23(58)16(31)51;1-5(2,3)4/h8-42,44-63H,1-7,43H2;(H3,1,2,3,4)/t8-,9-,10-,11-,12-,13-,14-,15-,16-,17-,18-,19-,20-,21-,22-,23-,24-,25-,26-,27-,28-,29-,30-,31-,32-,33-,34-,35-,36-,37-,38-,39-,40-,41-,42-;/m1./s1. The summed E-state index contributed by atoms with van der Waals surface area (Å²) in [5, 5.41) is 220. The van der Waals surface area contributed by atoms with Gasteiger partial charge in [0.05, 0.1) is 39.6 Å². The maximum atomic E-state index is 11.4. The molecule has 0 amide bonds. The Labute approximate surface area is 461 Å². The van der Waals surface area contributed by atoms with Gasteiger partial charge in [-0.15, -0.1) is 0 Å². The van der Waals surface area contributed by atoms with E-state index in [4.69, 9.17) is 91.3 Å². The molecule has 0 aromatic carbocycles. The molecule has 82 heavy (non-hydrogen) atoms. The maximum absolute atomic E-state index is 11.4.